The lowest BCUT2D eigenvalue weighted by molar-refractivity contribution is -0.151. The molecule has 0 amide bonds. The second-order valence-electron chi connectivity index (χ2n) is 5.80. The summed E-state index contributed by atoms with van der Waals surface area (Å²) in [6.07, 6.45) is 1.58. The maximum atomic E-state index is 14.1. The Bertz CT molecular complexity index is 742. The molecule has 0 aliphatic carbocycles. The van der Waals surface area contributed by atoms with Crippen LogP contribution in [0.25, 0.3) is 0 Å². The molecule has 1 aromatic heterocycles. The Morgan fingerprint density at radius 3 is 2.73 bits per heavy atom. The van der Waals surface area contributed by atoms with Gasteiger partial charge in [-0.2, -0.15) is 0 Å². The molecule has 22 heavy (non-hydrogen) atoms. The van der Waals surface area contributed by atoms with Crippen molar-refractivity contribution in [3.63, 3.8) is 0 Å². The fourth-order valence-corrected chi connectivity index (χ4v) is 2.99. The molecule has 0 N–H and O–H groups in total. The van der Waals surface area contributed by atoms with Gasteiger partial charge >= 0.3 is 5.97 Å². The highest BCUT2D eigenvalue weighted by molar-refractivity contribution is 5.79. The molecular formula is C17H16FNO3. The normalized spacial score (nSPS) is 16.3. The number of carbonyl (C=O) groups excluding carboxylic acids is 1. The molecule has 2 heterocycles. The Morgan fingerprint density at radius 1 is 1.27 bits per heavy atom. The van der Waals surface area contributed by atoms with Crippen LogP contribution >= 0.6 is 0 Å². The summed E-state index contributed by atoms with van der Waals surface area (Å²) in [6.45, 7) is 3.56. The zero-order chi connectivity index (χ0) is 15.9. The highest BCUT2D eigenvalue weighted by Crippen LogP contribution is 2.52. The van der Waals surface area contributed by atoms with Crippen molar-refractivity contribution in [1.82, 2.24) is 4.98 Å². The van der Waals surface area contributed by atoms with E-state index < -0.39 is 17.2 Å². The molecule has 0 saturated carbocycles. The number of para-hydroxylation sites is 1. The van der Waals surface area contributed by atoms with Crippen molar-refractivity contribution in [2.45, 2.75) is 19.8 Å². The average Bonchev–Trinajstić information content (AvgIpc) is 2.52. The van der Waals surface area contributed by atoms with Crippen molar-refractivity contribution in [2.24, 2.45) is 5.41 Å². The van der Waals surface area contributed by atoms with Crippen LogP contribution in [0.15, 0.2) is 36.5 Å². The number of halogens is 1. The number of ether oxygens (including phenoxy) is 2. The van der Waals surface area contributed by atoms with E-state index in [2.05, 4.69) is 4.98 Å². The highest BCUT2D eigenvalue weighted by atomic mass is 19.1. The Hall–Kier alpha value is -2.43. The Morgan fingerprint density at radius 2 is 2.00 bits per heavy atom. The number of rotatable bonds is 2. The van der Waals surface area contributed by atoms with Gasteiger partial charge in [0.05, 0.1) is 12.5 Å². The second-order valence-corrected chi connectivity index (χ2v) is 5.80. The summed E-state index contributed by atoms with van der Waals surface area (Å²) < 4.78 is 24.7. The fourth-order valence-electron chi connectivity index (χ4n) is 2.99. The van der Waals surface area contributed by atoms with Crippen molar-refractivity contribution in [3.8, 4) is 11.6 Å². The summed E-state index contributed by atoms with van der Waals surface area (Å²) >= 11 is 0. The number of benzene rings is 1. The summed E-state index contributed by atoms with van der Waals surface area (Å²) in [6, 6.07) is 8.32. The van der Waals surface area contributed by atoms with Crippen LogP contribution in [0.4, 0.5) is 4.39 Å². The van der Waals surface area contributed by atoms with E-state index >= 15 is 0 Å². The molecule has 1 atom stereocenters. The molecule has 1 aliphatic heterocycles. The number of esters is 1. The van der Waals surface area contributed by atoms with Gasteiger partial charge in [-0.15, -0.1) is 0 Å². The fraction of sp³-hybridized carbons (Fsp3) is 0.294. The van der Waals surface area contributed by atoms with Gasteiger partial charge in [-0.3, -0.25) is 4.79 Å². The number of hydrogen-bond acceptors (Lipinski definition) is 4. The van der Waals surface area contributed by atoms with Gasteiger partial charge in [-0.25, -0.2) is 9.37 Å². The first-order chi connectivity index (χ1) is 10.5. The molecule has 5 heteroatoms. The zero-order valence-corrected chi connectivity index (χ0v) is 12.6. The average molecular weight is 301 g/mol. The molecule has 0 radical (unpaired) electrons. The van der Waals surface area contributed by atoms with E-state index in [4.69, 9.17) is 9.47 Å². The third kappa shape index (κ3) is 2.04. The first-order valence-electron chi connectivity index (χ1n) is 6.96. The molecule has 0 bridgehead atoms. The van der Waals surface area contributed by atoms with Crippen LogP contribution < -0.4 is 4.74 Å². The Kier molecular flexibility index (Phi) is 3.35. The van der Waals surface area contributed by atoms with Gasteiger partial charge in [0.2, 0.25) is 5.88 Å². The standard InChI is InChI=1S/C17H16FNO3/c1-17(2,16(20)21-3)13-10-6-4-8-12(18)14(10)22-15-11(13)7-5-9-19-15/h4-9,13H,1-3H3. The van der Waals surface area contributed by atoms with Gasteiger partial charge in [0, 0.05) is 23.2 Å². The lowest BCUT2D eigenvalue weighted by atomic mass is 9.70. The number of nitrogens with zero attached hydrogens (tertiary/aromatic N) is 1. The Balaban J connectivity index is 2.26. The van der Waals surface area contributed by atoms with E-state index in [0.717, 1.165) is 5.56 Å². The predicted molar refractivity (Wildman–Crippen MR) is 78.4 cm³/mol. The molecule has 1 aromatic carbocycles. The minimum atomic E-state index is -0.890. The molecule has 0 spiro atoms. The van der Waals surface area contributed by atoms with Crippen LogP contribution in [0.5, 0.6) is 11.6 Å². The number of fused-ring (bicyclic) bond motifs is 2. The van der Waals surface area contributed by atoms with Gasteiger partial charge in [-0.05, 0) is 26.0 Å². The van der Waals surface area contributed by atoms with Crippen LogP contribution in [-0.4, -0.2) is 18.1 Å². The topological polar surface area (TPSA) is 48.4 Å². The van der Waals surface area contributed by atoms with Crippen molar-refractivity contribution in [2.75, 3.05) is 7.11 Å². The maximum Gasteiger partial charge on any atom is 0.312 e. The van der Waals surface area contributed by atoms with E-state index in [1.165, 1.54) is 13.2 Å². The van der Waals surface area contributed by atoms with Gasteiger partial charge < -0.3 is 9.47 Å². The summed E-state index contributed by atoms with van der Waals surface area (Å²) in [5.41, 5.74) is 0.477. The molecule has 4 nitrogen and oxygen atoms in total. The van der Waals surface area contributed by atoms with Crippen molar-refractivity contribution < 1.29 is 18.7 Å². The monoisotopic (exact) mass is 301 g/mol. The lowest BCUT2D eigenvalue weighted by Gasteiger charge is -2.36. The minimum Gasteiger partial charge on any atom is -0.469 e. The number of carbonyl (C=O) groups is 1. The first-order valence-corrected chi connectivity index (χ1v) is 6.96. The molecule has 1 unspecified atom stereocenters. The molecule has 114 valence electrons. The van der Waals surface area contributed by atoms with Crippen LogP contribution in [-0.2, 0) is 9.53 Å². The second kappa shape index (κ2) is 5.09. The minimum absolute atomic E-state index is 0.121. The van der Waals surface area contributed by atoms with Gasteiger partial charge in [0.1, 0.15) is 0 Å². The summed E-state index contributed by atoms with van der Waals surface area (Å²) in [7, 11) is 1.35. The lowest BCUT2D eigenvalue weighted by Crippen LogP contribution is -2.35. The van der Waals surface area contributed by atoms with Crippen LogP contribution in [0.2, 0.25) is 0 Å². The van der Waals surface area contributed by atoms with Gasteiger partial charge in [0.15, 0.2) is 11.6 Å². The van der Waals surface area contributed by atoms with Crippen LogP contribution in [0.1, 0.15) is 30.9 Å². The van der Waals surface area contributed by atoms with Gasteiger partial charge in [0.25, 0.3) is 0 Å². The SMILES string of the molecule is COC(=O)C(C)(C)C1c2cccnc2Oc2c(F)cccc21. The predicted octanol–water partition coefficient (Wildman–Crippen LogP) is 3.66. The largest absolute Gasteiger partial charge is 0.469 e. The van der Waals surface area contributed by atoms with E-state index in [1.54, 1.807) is 38.2 Å². The first kappa shape index (κ1) is 14.5. The van der Waals surface area contributed by atoms with Crippen LogP contribution in [0.3, 0.4) is 0 Å². The van der Waals surface area contributed by atoms with Crippen molar-refractivity contribution in [1.29, 1.82) is 0 Å². The van der Waals surface area contributed by atoms with E-state index in [1.807, 2.05) is 6.07 Å². The zero-order valence-electron chi connectivity index (χ0n) is 12.6. The van der Waals surface area contributed by atoms with E-state index in [0.29, 0.717) is 11.4 Å². The molecule has 1 aliphatic rings. The van der Waals surface area contributed by atoms with E-state index in [-0.39, 0.29) is 11.7 Å². The number of methoxy groups -OCH3 is 1. The van der Waals surface area contributed by atoms with Crippen molar-refractivity contribution in [3.05, 3.63) is 53.5 Å². The van der Waals surface area contributed by atoms with Gasteiger partial charge in [-0.1, -0.05) is 18.2 Å². The third-order valence-electron chi connectivity index (χ3n) is 4.05. The summed E-state index contributed by atoms with van der Waals surface area (Å²) in [4.78, 5) is 16.4. The quantitative estimate of drug-likeness (QED) is 0.794. The Labute approximate surface area is 127 Å². The number of aromatic nitrogens is 1. The number of hydrogen-bond donors (Lipinski definition) is 0. The van der Waals surface area contributed by atoms with Crippen LogP contribution in [0, 0.1) is 11.2 Å². The van der Waals surface area contributed by atoms with Crippen molar-refractivity contribution >= 4 is 5.97 Å². The molecule has 3 rings (SSSR count). The molecule has 0 saturated heterocycles. The maximum absolute atomic E-state index is 14.1. The molecule has 2 aromatic rings. The summed E-state index contributed by atoms with van der Waals surface area (Å²) in [5, 5.41) is 0. The number of pyridine rings is 1. The summed E-state index contributed by atoms with van der Waals surface area (Å²) in [5.74, 6) is -0.801. The highest BCUT2D eigenvalue weighted by Gasteiger charge is 2.45. The smallest absolute Gasteiger partial charge is 0.312 e. The molecular weight excluding hydrogens is 285 g/mol. The van der Waals surface area contributed by atoms with E-state index in [9.17, 15) is 9.18 Å². The molecule has 0 fully saturated rings. The third-order valence-corrected chi connectivity index (χ3v) is 4.05.